The van der Waals surface area contributed by atoms with Gasteiger partial charge in [0.2, 0.25) is 10.0 Å². The van der Waals surface area contributed by atoms with Crippen LogP contribution in [0.25, 0.3) is 10.8 Å². The Kier molecular flexibility index (Phi) is 5.62. The van der Waals surface area contributed by atoms with Crippen molar-refractivity contribution in [1.82, 2.24) is 0 Å². The molecule has 1 aliphatic rings. The standard InChI is InChI=1S/C25H19Cl2N3O2S/c26-22-12-7-18(14-23(22)27)24-15-25(19-6-5-16-3-1-2-4-17(16)13-19)30(29-24)20-8-10-21(11-9-20)33(28,31)32/h1-14,25H,15H2,(H2,28,31,32). The van der Waals surface area contributed by atoms with Gasteiger partial charge in [-0.1, -0.05) is 65.7 Å². The van der Waals surface area contributed by atoms with Crippen LogP contribution in [0.4, 0.5) is 5.69 Å². The summed E-state index contributed by atoms with van der Waals surface area (Å²) >= 11 is 12.4. The maximum absolute atomic E-state index is 11.7. The first-order valence-corrected chi connectivity index (χ1v) is 12.5. The third kappa shape index (κ3) is 4.35. The fraction of sp³-hybridized carbons (Fsp3) is 0.0800. The molecule has 5 rings (SSSR count). The number of benzene rings is 4. The van der Waals surface area contributed by atoms with Crippen LogP contribution >= 0.6 is 23.2 Å². The van der Waals surface area contributed by atoms with Gasteiger partial charge in [0, 0.05) is 6.42 Å². The van der Waals surface area contributed by atoms with Crippen LogP contribution in [-0.2, 0) is 10.0 Å². The highest BCUT2D eigenvalue weighted by Crippen LogP contribution is 2.38. The molecule has 1 aliphatic heterocycles. The predicted molar refractivity (Wildman–Crippen MR) is 135 cm³/mol. The molecule has 1 heterocycles. The molecule has 0 saturated heterocycles. The molecule has 4 aromatic rings. The maximum atomic E-state index is 11.7. The van der Waals surface area contributed by atoms with E-state index in [1.165, 1.54) is 12.1 Å². The van der Waals surface area contributed by atoms with E-state index >= 15 is 0 Å². The minimum atomic E-state index is -3.78. The molecule has 0 amide bonds. The van der Waals surface area contributed by atoms with Gasteiger partial charge in [0.25, 0.3) is 0 Å². The Hall–Kier alpha value is -2.90. The van der Waals surface area contributed by atoms with Crippen molar-refractivity contribution in [2.45, 2.75) is 17.4 Å². The quantitative estimate of drug-likeness (QED) is 0.368. The topological polar surface area (TPSA) is 75.8 Å². The summed E-state index contributed by atoms with van der Waals surface area (Å²) in [4.78, 5) is 0.0568. The third-order valence-corrected chi connectivity index (χ3v) is 7.42. The number of sulfonamides is 1. The minimum absolute atomic E-state index is 0.0568. The van der Waals surface area contributed by atoms with E-state index in [9.17, 15) is 8.42 Å². The van der Waals surface area contributed by atoms with Crippen LogP contribution in [0, 0.1) is 0 Å². The summed E-state index contributed by atoms with van der Waals surface area (Å²) in [6, 6.07) is 26.4. The Labute approximate surface area is 202 Å². The molecule has 5 nitrogen and oxygen atoms in total. The van der Waals surface area contributed by atoms with Crippen molar-refractivity contribution in [3.63, 3.8) is 0 Å². The second-order valence-corrected chi connectivity index (χ2v) is 10.3. The summed E-state index contributed by atoms with van der Waals surface area (Å²) in [5, 5.41) is 15.3. The second-order valence-electron chi connectivity index (χ2n) is 7.89. The molecular formula is C25H19Cl2N3O2S. The molecule has 0 spiro atoms. The van der Waals surface area contributed by atoms with Crippen molar-refractivity contribution in [2.24, 2.45) is 10.2 Å². The van der Waals surface area contributed by atoms with Gasteiger partial charge >= 0.3 is 0 Å². The highest BCUT2D eigenvalue weighted by molar-refractivity contribution is 7.89. The van der Waals surface area contributed by atoms with E-state index in [4.69, 9.17) is 33.4 Å². The molecule has 1 unspecified atom stereocenters. The number of fused-ring (bicyclic) bond motifs is 1. The number of nitrogens with two attached hydrogens (primary N) is 1. The van der Waals surface area contributed by atoms with Gasteiger partial charge in [0.1, 0.15) is 0 Å². The average molecular weight is 496 g/mol. The monoisotopic (exact) mass is 495 g/mol. The van der Waals surface area contributed by atoms with E-state index in [1.807, 2.05) is 29.3 Å². The molecule has 0 radical (unpaired) electrons. The van der Waals surface area contributed by atoms with Crippen molar-refractivity contribution in [3.05, 3.63) is 106 Å². The summed E-state index contributed by atoms with van der Waals surface area (Å²) in [7, 11) is -3.78. The second kappa shape index (κ2) is 8.47. The van der Waals surface area contributed by atoms with Crippen molar-refractivity contribution in [2.75, 3.05) is 5.01 Å². The fourth-order valence-corrected chi connectivity index (χ4v) is 4.88. The first kappa shape index (κ1) is 21.9. The van der Waals surface area contributed by atoms with Crippen LogP contribution in [0.1, 0.15) is 23.6 Å². The Morgan fingerprint density at radius 2 is 1.58 bits per heavy atom. The Morgan fingerprint density at radius 3 is 2.27 bits per heavy atom. The lowest BCUT2D eigenvalue weighted by Gasteiger charge is -2.24. The normalized spacial score (nSPS) is 16.3. The molecule has 0 aromatic heterocycles. The van der Waals surface area contributed by atoms with Crippen LogP contribution in [0.2, 0.25) is 10.0 Å². The summed E-state index contributed by atoms with van der Waals surface area (Å²) in [5.41, 5.74) is 3.61. The van der Waals surface area contributed by atoms with E-state index in [1.54, 1.807) is 18.2 Å². The zero-order valence-corrected chi connectivity index (χ0v) is 19.6. The van der Waals surface area contributed by atoms with E-state index in [2.05, 4.69) is 30.3 Å². The van der Waals surface area contributed by atoms with Crippen molar-refractivity contribution in [3.8, 4) is 0 Å². The SMILES string of the molecule is NS(=O)(=O)c1ccc(N2N=C(c3ccc(Cl)c(Cl)c3)CC2c2ccc3ccccc3c2)cc1. The number of primary sulfonamides is 1. The summed E-state index contributed by atoms with van der Waals surface area (Å²) < 4.78 is 23.4. The third-order valence-electron chi connectivity index (χ3n) is 5.75. The summed E-state index contributed by atoms with van der Waals surface area (Å²) in [6.45, 7) is 0. The van der Waals surface area contributed by atoms with Gasteiger partial charge in [-0.2, -0.15) is 5.10 Å². The van der Waals surface area contributed by atoms with Gasteiger partial charge in [-0.15, -0.1) is 0 Å². The smallest absolute Gasteiger partial charge is 0.238 e. The largest absolute Gasteiger partial charge is 0.257 e. The summed E-state index contributed by atoms with van der Waals surface area (Å²) in [6.07, 6.45) is 0.646. The maximum Gasteiger partial charge on any atom is 0.238 e. The molecule has 8 heteroatoms. The summed E-state index contributed by atoms with van der Waals surface area (Å²) in [5.74, 6) is 0. The predicted octanol–water partition coefficient (Wildman–Crippen LogP) is 6.15. The van der Waals surface area contributed by atoms with Gasteiger partial charge in [0.05, 0.1) is 32.4 Å². The van der Waals surface area contributed by atoms with Gasteiger partial charge in [-0.25, -0.2) is 13.6 Å². The number of halogens is 2. The molecule has 4 aromatic carbocycles. The zero-order chi connectivity index (χ0) is 23.2. The highest BCUT2D eigenvalue weighted by atomic mass is 35.5. The lowest BCUT2D eigenvalue weighted by atomic mass is 9.96. The van der Waals surface area contributed by atoms with Crippen molar-refractivity contribution >= 4 is 55.4 Å². The molecular weight excluding hydrogens is 477 g/mol. The van der Waals surface area contributed by atoms with E-state index < -0.39 is 10.0 Å². The Morgan fingerprint density at radius 1 is 0.848 bits per heavy atom. The molecule has 0 bridgehead atoms. The molecule has 2 N–H and O–H groups in total. The first-order valence-electron chi connectivity index (χ1n) is 10.2. The molecule has 33 heavy (non-hydrogen) atoms. The van der Waals surface area contributed by atoms with Crippen LogP contribution in [0.5, 0.6) is 0 Å². The Bertz CT molecular complexity index is 1500. The number of anilines is 1. The molecule has 0 saturated carbocycles. The minimum Gasteiger partial charge on any atom is -0.257 e. The van der Waals surface area contributed by atoms with E-state index in [-0.39, 0.29) is 10.9 Å². The van der Waals surface area contributed by atoms with Gasteiger partial charge in [0.15, 0.2) is 0 Å². The van der Waals surface area contributed by atoms with Crippen LogP contribution < -0.4 is 10.1 Å². The first-order chi connectivity index (χ1) is 15.8. The number of hydrogen-bond acceptors (Lipinski definition) is 4. The molecule has 0 aliphatic carbocycles. The van der Waals surface area contributed by atoms with E-state index in [0.717, 1.165) is 33.3 Å². The van der Waals surface area contributed by atoms with Crippen LogP contribution in [-0.4, -0.2) is 14.1 Å². The lowest BCUT2D eigenvalue weighted by molar-refractivity contribution is 0.597. The average Bonchev–Trinajstić information content (AvgIpc) is 3.25. The van der Waals surface area contributed by atoms with Gasteiger partial charge in [-0.05, 0) is 64.4 Å². The number of hydrogen-bond donors (Lipinski definition) is 1. The number of hydrazone groups is 1. The number of nitrogens with zero attached hydrogens (tertiary/aromatic N) is 2. The van der Waals surface area contributed by atoms with Crippen molar-refractivity contribution < 1.29 is 8.42 Å². The van der Waals surface area contributed by atoms with Crippen LogP contribution in [0.15, 0.2) is 94.9 Å². The molecule has 1 atom stereocenters. The Balaban J connectivity index is 1.59. The lowest BCUT2D eigenvalue weighted by Crippen LogP contribution is -2.19. The van der Waals surface area contributed by atoms with Gasteiger partial charge in [-0.3, -0.25) is 5.01 Å². The number of rotatable bonds is 4. The van der Waals surface area contributed by atoms with E-state index in [0.29, 0.717) is 16.5 Å². The van der Waals surface area contributed by atoms with Crippen LogP contribution in [0.3, 0.4) is 0 Å². The molecule has 166 valence electrons. The molecule has 0 fully saturated rings. The highest BCUT2D eigenvalue weighted by Gasteiger charge is 2.30. The fourth-order valence-electron chi connectivity index (χ4n) is 4.06. The zero-order valence-electron chi connectivity index (χ0n) is 17.3. The van der Waals surface area contributed by atoms with Gasteiger partial charge < -0.3 is 0 Å². The van der Waals surface area contributed by atoms with Crippen molar-refractivity contribution in [1.29, 1.82) is 0 Å².